The Labute approximate surface area is 104 Å². The van der Waals surface area contributed by atoms with Crippen molar-refractivity contribution in [3.8, 4) is 5.75 Å². The molecule has 0 amide bonds. The Morgan fingerprint density at radius 3 is 2.81 bits per heavy atom. The summed E-state index contributed by atoms with van der Waals surface area (Å²) in [7, 11) is 0. The molecule has 84 valence electrons. The maximum atomic E-state index is 5.89. The van der Waals surface area contributed by atoms with E-state index in [2.05, 4.69) is 0 Å². The van der Waals surface area contributed by atoms with Crippen molar-refractivity contribution < 1.29 is 4.74 Å². The third-order valence-electron chi connectivity index (χ3n) is 2.15. The number of hydrogen-bond acceptors (Lipinski definition) is 3. The van der Waals surface area contributed by atoms with Gasteiger partial charge in [-0.3, -0.25) is 0 Å². The van der Waals surface area contributed by atoms with Gasteiger partial charge in [0, 0.05) is 16.4 Å². The van der Waals surface area contributed by atoms with Crippen molar-refractivity contribution in [3.63, 3.8) is 0 Å². The summed E-state index contributed by atoms with van der Waals surface area (Å²) in [5, 5.41) is 2.68. The Balaban J connectivity index is 2.13. The van der Waals surface area contributed by atoms with Gasteiger partial charge in [0.1, 0.15) is 11.9 Å². The average Bonchev–Trinajstić information content (AvgIpc) is 2.79. The Kier molecular flexibility index (Phi) is 3.83. The van der Waals surface area contributed by atoms with E-state index in [9.17, 15) is 0 Å². The van der Waals surface area contributed by atoms with E-state index < -0.39 is 0 Å². The predicted molar refractivity (Wildman–Crippen MR) is 68.2 cm³/mol. The number of rotatable bonds is 4. The van der Waals surface area contributed by atoms with Crippen LogP contribution in [0.3, 0.4) is 0 Å². The summed E-state index contributed by atoms with van der Waals surface area (Å²) in [6, 6.07) is 11.4. The van der Waals surface area contributed by atoms with Gasteiger partial charge in [0.25, 0.3) is 0 Å². The molecule has 1 unspecified atom stereocenters. The molecule has 0 spiro atoms. The van der Waals surface area contributed by atoms with E-state index in [4.69, 9.17) is 22.1 Å². The van der Waals surface area contributed by atoms with Crippen LogP contribution in [0.25, 0.3) is 0 Å². The van der Waals surface area contributed by atoms with E-state index in [0.29, 0.717) is 11.6 Å². The van der Waals surface area contributed by atoms with Gasteiger partial charge in [0.15, 0.2) is 0 Å². The van der Waals surface area contributed by atoms with Crippen LogP contribution >= 0.6 is 22.9 Å². The summed E-state index contributed by atoms with van der Waals surface area (Å²) < 4.78 is 5.79. The molecule has 1 heterocycles. The van der Waals surface area contributed by atoms with Gasteiger partial charge in [0.2, 0.25) is 0 Å². The lowest BCUT2D eigenvalue weighted by atomic mass is 10.3. The van der Waals surface area contributed by atoms with Gasteiger partial charge < -0.3 is 10.5 Å². The molecule has 2 nitrogen and oxygen atoms in total. The summed E-state index contributed by atoms with van der Waals surface area (Å²) in [6.45, 7) is 0.451. The minimum Gasteiger partial charge on any atom is -0.484 e. The molecule has 1 aromatic carbocycles. The lowest BCUT2D eigenvalue weighted by Crippen LogP contribution is -2.17. The van der Waals surface area contributed by atoms with Gasteiger partial charge in [-0.25, -0.2) is 0 Å². The molecule has 0 aliphatic heterocycles. The van der Waals surface area contributed by atoms with Crippen LogP contribution in [0.1, 0.15) is 11.0 Å². The molecular weight excluding hydrogens is 242 g/mol. The Morgan fingerprint density at radius 2 is 2.19 bits per heavy atom. The zero-order valence-corrected chi connectivity index (χ0v) is 10.2. The van der Waals surface area contributed by atoms with Crippen molar-refractivity contribution in [1.29, 1.82) is 0 Å². The number of ether oxygens (including phenoxy) is 1. The number of nitrogens with two attached hydrogens (primary N) is 1. The molecule has 16 heavy (non-hydrogen) atoms. The highest BCUT2D eigenvalue weighted by Crippen LogP contribution is 2.26. The zero-order valence-electron chi connectivity index (χ0n) is 8.60. The summed E-state index contributed by atoms with van der Waals surface area (Å²) in [5.74, 6) is 0.747. The van der Waals surface area contributed by atoms with Crippen molar-refractivity contribution in [2.75, 3.05) is 6.54 Å². The van der Waals surface area contributed by atoms with Crippen LogP contribution < -0.4 is 10.5 Å². The second kappa shape index (κ2) is 5.34. The van der Waals surface area contributed by atoms with Crippen LogP contribution in [0.2, 0.25) is 5.02 Å². The topological polar surface area (TPSA) is 35.2 Å². The fourth-order valence-electron chi connectivity index (χ4n) is 1.40. The molecule has 0 saturated heterocycles. The van der Waals surface area contributed by atoms with Crippen LogP contribution in [-0.2, 0) is 0 Å². The summed E-state index contributed by atoms with van der Waals surface area (Å²) in [6.07, 6.45) is -0.0986. The Bertz CT molecular complexity index is 444. The largest absolute Gasteiger partial charge is 0.484 e. The van der Waals surface area contributed by atoms with Crippen molar-refractivity contribution in [2.45, 2.75) is 6.10 Å². The fourth-order valence-corrected chi connectivity index (χ4v) is 2.35. The maximum absolute atomic E-state index is 5.89. The average molecular weight is 254 g/mol. The van der Waals surface area contributed by atoms with E-state index in [-0.39, 0.29) is 6.10 Å². The number of hydrogen-bond donors (Lipinski definition) is 1. The third-order valence-corrected chi connectivity index (χ3v) is 3.35. The highest BCUT2D eigenvalue weighted by molar-refractivity contribution is 7.10. The smallest absolute Gasteiger partial charge is 0.145 e. The van der Waals surface area contributed by atoms with Crippen molar-refractivity contribution >= 4 is 22.9 Å². The van der Waals surface area contributed by atoms with Crippen LogP contribution in [0.15, 0.2) is 41.8 Å². The Morgan fingerprint density at radius 1 is 1.31 bits per heavy atom. The Hall–Kier alpha value is -1.03. The quantitative estimate of drug-likeness (QED) is 0.906. The summed E-state index contributed by atoms with van der Waals surface area (Å²) >= 11 is 7.53. The van der Waals surface area contributed by atoms with Crippen molar-refractivity contribution in [3.05, 3.63) is 51.7 Å². The SMILES string of the molecule is NCC(Oc1cccc(Cl)c1)c1cccs1. The van der Waals surface area contributed by atoms with Crippen molar-refractivity contribution in [1.82, 2.24) is 0 Å². The second-order valence-corrected chi connectivity index (χ2v) is 4.73. The summed E-state index contributed by atoms with van der Waals surface area (Å²) in [5.41, 5.74) is 5.70. The van der Waals surface area contributed by atoms with Crippen LogP contribution in [-0.4, -0.2) is 6.54 Å². The predicted octanol–water partition coefficient (Wildman–Crippen LogP) is 3.48. The van der Waals surface area contributed by atoms with E-state index in [1.807, 2.05) is 35.7 Å². The highest BCUT2D eigenvalue weighted by atomic mass is 35.5. The molecule has 0 aliphatic rings. The standard InChI is InChI=1S/C12H12ClNOS/c13-9-3-1-4-10(7-9)15-11(8-14)12-5-2-6-16-12/h1-7,11H,8,14H2. The van der Waals surface area contributed by atoms with E-state index in [1.165, 1.54) is 0 Å². The summed E-state index contributed by atoms with van der Waals surface area (Å²) in [4.78, 5) is 1.13. The molecule has 0 radical (unpaired) electrons. The van der Waals surface area contributed by atoms with Gasteiger partial charge >= 0.3 is 0 Å². The van der Waals surface area contributed by atoms with Crippen LogP contribution in [0.5, 0.6) is 5.75 Å². The van der Waals surface area contributed by atoms with E-state index in [1.54, 1.807) is 17.4 Å². The van der Waals surface area contributed by atoms with E-state index >= 15 is 0 Å². The molecule has 1 aromatic heterocycles. The number of thiophene rings is 1. The monoisotopic (exact) mass is 253 g/mol. The van der Waals surface area contributed by atoms with Gasteiger partial charge in [-0.15, -0.1) is 11.3 Å². The third kappa shape index (κ3) is 2.76. The molecule has 4 heteroatoms. The van der Waals surface area contributed by atoms with Crippen LogP contribution in [0.4, 0.5) is 0 Å². The lowest BCUT2D eigenvalue weighted by Gasteiger charge is -2.16. The van der Waals surface area contributed by atoms with Gasteiger partial charge in [-0.2, -0.15) is 0 Å². The molecule has 2 aromatic rings. The van der Waals surface area contributed by atoms with Crippen LogP contribution in [0, 0.1) is 0 Å². The van der Waals surface area contributed by atoms with E-state index in [0.717, 1.165) is 10.6 Å². The first kappa shape index (κ1) is 11.5. The molecule has 0 bridgehead atoms. The first-order valence-electron chi connectivity index (χ1n) is 4.95. The number of halogens is 1. The molecule has 0 aliphatic carbocycles. The molecule has 2 N–H and O–H groups in total. The normalized spacial score (nSPS) is 12.4. The molecule has 0 fully saturated rings. The van der Waals surface area contributed by atoms with Gasteiger partial charge in [0.05, 0.1) is 0 Å². The molecule has 1 atom stereocenters. The maximum Gasteiger partial charge on any atom is 0.145 e. The fraction of sp³-hybridized carbons (Fsp3) is 0.167. The molecular formula is C12H12ClNOS. The minimum atomic E-state index is -0.0986. The zero-order chi connectivity index (χ0) is 11.4. The molecule has 2 rings (SSSR count). The highest BCUT2D eigenvalue weighted by Gasteiger charge is 2.12. The second-order valence-electron chi connectivity index (χ2n) is 3.31. The first-order chi connectivity index (χ1) is 7.79. The first-order valence-corrected chi connectivity index (χ1v) is 6.21. The molecule has 0 saturated carbocycles. The minimum absolute atomic E-state index is 0.0986. The van der Waals surface area contributed by atoms with Gasteiger partial charge in [-0.1, -0.05) is 23.7 Å². The van der Waals surface area contributed by atoms with Gasteiger partial charge in [-0.05, 0) is 29.6 Å². The number of benzene rings is 1. The lowest BCUT2D eigenvalue weighted by molar-refractivity contribution is 0.218. The van der Waals surface area contributed by atoms with Crippen molar-refractivity contribution in [2.24, 2.45) is 5.73 Å².